The summed E-state index contributed by atoms with van der Waals surface area (Å²) in [5, 5.41) is 0. The Labute approximate surface area is 96.8 Å². The Hall–Kier alpha value is -1.14. The van der Waals surface area contributed by atoms with Gasteiger partial charge in [-0.2, -0.15) is 0 Å². The Morgan fingerprint density at radius 3 is 2.38 bits per heavy atom. The molecule has 0 aromatic carbocycles. The zero-order chi connectivity index (χ0) is 11.5. The molecule has 88 valence electrons. The quantitative estimate of drug-likeness (QED) is 0.743. The van der Waals surface area contributed by atoms with Crippen LogP contribution in [0, 0.1) is 6.92 Å². The molecule has 0 bridgehead atoms. The number of pyridine rings is 1. The highest BCUT2D eigenvalue weighted by atomic mass is 32.2. The molecule has 0 unspecified atom stereocenters. The normalized spacial score (nSPS) is 18.0. The topological polar surface area (TPSA) is 53.5 Å². The highest BCUT2D eigenvalue weighted by Crippen LogP contribution is 2.13. The van der Waals surface area contributed by atoms with E-state index in [2.05, 4.69) is 9.88 Å². The third-order valence-corrected chi connectivity index (χ3v) is 3.57. The molecule has 0 saturated carbocycles. The lowest BCUT2D eigenvalue weighted by Crippen LogP contribution is -2.45. The molecular formula is C10H15N3O2S. The van der Waals surface area contributed by atoms with Gasteiger partial charge in [0.25, 0.3) is 0 Å². The number of thiol groups is 1. The van der Waals surface area contributed by atoms with Crippen LogP contribution in [0.25, 0.3) is 0 Å². The largest absolute Gasteiger partial charge is 0.354 e. The summed E-state index contributed by atoms with van der Waals surface area (Å²) >= 11 is 0. The first-order valence-electron chi connectivity index (χ1n) is 5.23. The summed E-state index contributed by atoms with van der Waals surface area (Å²) in [7, 11) is -2.43. The first-order valence-corrected chi connectivity index (χ1v) is 6.37. The molecule has 2 heterocycles. The van der Waals surface area contributed by atoms with E-state index >= 15 is 0 Å². The van der Waals surface area contributed by atoms with Gasteiger partial charge in [0, 0.05) is 32.4 Å². The first-order chi connectivity index (χ1) is 7.66. The summed E-state index contributed by atoms with van der Waals surface area (Å²) in [6.45, 7) is 4.51. The fourth-order valence-corrected chi connectivity index (χ4v) is 2.24. The molecule has 0 radical (unpaired) electrons. The Balaban J connectivity index is 2.01. The number of anilines is 1. The van der Waals surface area contributed by atoms with Crippen LogP contribution in [0.2, 0.25) is 0 Å². The number of rotatable bonds is 2. The molecule has 6 heteroatoms. The maximum Gasteiger partial charge on any atom is 0.204 e. The number of hydrogen-bond donors (Lipinski definition) is 1. The van der Waals surface area contributed by atoms with Crippen molar-refractivity contribution < 1.29 is 8.42 Å². The average Bonchev–Trinajstić information content (AvgIpc) is 2.30. The van der Waals surface area contributed by atoms with Crippen molar-refractivity contribution in [1.29, 1.82) is 0 Å². The van der Waals surface area contributed by atoms with Gasteiger partial charge in [-0.15, -0.1) is 0 Å². The molecule has 0 N–H and O–H groups in total. The second-order valence-electron chi connectivity index (χ2n) is 3.87. The Bertz CT molecular complexity index is 414. The van der Waals surface area contributed by atoms with Gasteiger partial charge in [0.1, 0.15) is 5.82 Å². The van der Waals surface area contributed by atoms with Gasteiger partial charge in [-0.1, -0.05) is 6.07 Å². The van der Waals surface area contributed by atoms with Gasteiger partial charge in [-0.05, 0) is 18.6 Å². The molecule has 5 nitrogen and oxygen atoms in total. The van der Waals surface area contributed by atoms with E-state index in [4.69, 9.17) is 0 Å². The van der Waals surface area contributed by atoms with Crippen LogP contribution in [0.1, 0.15) is 5.56 Å². The molecule has 0 aliphatic carbocycles. The van der Waals surface area contributed by atoms with Gasteiger partial charge in [0.05, 0.1) is 0 Å². The molecule has 1 aromatic heterocycles. The van der Waals surface area contributed by atoms with E-state index < -0.39 is 10.9 Å². The summed E-state index contributed by atoms with van der Waals surface area (Å²) in [6, 6.07) is 3.99. The van der Waals surface area contributed by atoms with E-state index in [0.29, 0.717) is 26.2 Å². The Morgan fingerprint density at radius 2 is 1.88 bits per heavy atom. The van der Waals surface area contributed by atoms with Crippen LogP contribution in [-0.4, -0.2) is 43.9 Å². The highest BCUT2D eigenvalue weighted by molar-refractivity contribution is 7.69. The van der Waals surface area contributed by atoms with Crippen molar-refractivity contribution in [2.45, 2.75) is 6.92 Å². The van der Waals surface area contributed by atoms with Crippen LogP contribution in [0.5, 0.6) is 0 Å². The number of aryl methyl sites for hydroxylation is 1. The van der Waals surface area contributed by atoms with E-state index in [1.165, 1.54) is 4.31 Å². The lowest BCUT2D eigenvalue weighted by Gasteiger charge is -2.32. The second-order valence-corrected chi connectivity index (χ2v) is 4.91. The SMILES string of the molecule is Cc1ccc(N2CCN([SH](=O)=O)CC2)nc1. The van der Waals surface area contributed by atoms with Crippen molar-refractivity contribution in [3.8, 4) is 0 Å². The van der Waals surface area contributed by atoms with E-state index in [-0.39, 0.29) is 0 Å². The fraction of sp³-hybridized carbons (Fsp3) is 0.500. The van der Waals surface area contributed by atoms with E-state index in [1.54, 1.807) is 0 Å². The van der Waals surface area contributed by atoms with Crippen molar-refractivity contribution in [2.75, 3.05) is 31.1 Å². The zero-order valence-corrected chi connectivity index (χ0v) is 10.1. The molecule has 1 fully saturated rings. The minimum Gasteiger partial charge on any atom is -0.354 e. The lowest BCUT2D eigenvalue weighted by molar-refractivity contribution is 0.395. The Morgan fingerprint density at radius 1 is 1.19 bits per heavy atom. The molecule has 0 amide bonds. The highest BCUT2D eigenvalue weighted by Gasteiger charge is 2.18. The van der Waals surface area contributed by atoms with Gasteiger partial charge in [0.15, 0.2) is 0 Å². The van der Waals surface area contributed by atoms with Crippen molar-refractivity contribution in [3.63, 3.8) is 0 Å². The van der Waals surface area contributed by atoms with Gasteiger partial charge in [-0.3, -0.25) is 0 Å². The van der Waals surface area contributed by atoms with E-state index in [1.807, 2.05) is 25.3 Å². The van der Waals surface area contributed by atoms with E-state index in [9.17, 15) is 8.42 Å². The summed E-state index contributed by atoms with van der Waals surface area (Å²) in [5.74, 6) is 0.923. The Kier molecular flexibility index (Phi) is 3.40. The van der Waals surface area contributed by atoms with Gasteiger partial charge < -0.3 is 4.90 Å². The number of hydrogen-bond acceptors (Lipinski definition) is 4. The molecule has 1 aliphatic heterocycles. The van der Waals surface area contributed by atoms with Crippen LogP contribution in [0.15, 0.2) is 18.3 Å². The first kappa shape index (κ1) is 11.3. The summed E-state index contributed by atoms with van der Waals surface area (Å²) in [5.41, 5.74) is 1.13. The van der Waals surface area contributed by atoms with Crippen molar-refractivity contribution in [2.24, 2.45) is 0 Å². The third-order valence-electron chi connectivity index (χ3n) is 2.71. The van der Waals surface area contributed by atoms with Crippen molar-refractivity contribution in [1.82, 2.24) is 9.29 Å². The standard InChI is InChI=1S/C10H15N3O2S/c1-9-2-3-10(11-8-9)12-4-6-13(7-5-12)16(14)15/h2-3,8,16H,4-7H2,1H3. The van der Waals surface area contributed by atoms with E-state index in [0.717, 1.165) is 11.4 Å². The van der Waals surface area contributed by atoms with Crippen LogP contribution in [0.4, 0.5) is 5.82 Å². The summed E-state index contributed by atoms with van der Waals surface area (Å²) in [6.07, 6.45) is 1.83. The fourth-order valence-electron chi connectivity index (χ4n) is 1.74. The molecule has 0 atom stereocenters. The molecule has 2 rings (SSSR count). The van der Waals surface area contributed by atoms with Gasteiger partial charge in [-0.25, -0.2) is 17.7 Å². The maximum absolute atomic E-state index is 10.8. The van der Waals surface area contributed by atoms with Crippen molar-refractivity contribution in [3.05, 3.63) is 23.9 Å². The predicted octanol–water partition coefficient (Wildman–Crippen LogP) is 0.0384. The minimum atomic E-state index is -2.43. The number of piperazine rings is 1. The lowest BCUT2D eigenvalue weighted by atomic mass is 10.3. The van der Waals surface area contributed by atoms with Crippen LogP contribution in [0.3, 0.4) is 0 Å². The number of nitrogens with zero attached hydrogens (tertiary/aromatic N) is 3. The molecule has 0 spiro atoms. The molecular weight excluding hydrogens is 226 g/mol. The van der Waals surface area contributed by atoms with Crippen molar-refractivity contribution >= 4 is 16.7 Å². The number of aromatic nitrogens is 1. The van der Waals surface area contributed by atoms with Gasteiger partial charge >= 0.3 is 0 Å². The smallest absolute Gasteiger partial charge is 0.204 e. The summed E-state index contributed by atoms with van der Waals surface area (Å²) < 4.78 is 23.0. The molecule has 16 heavy (non-hydrogen) atoms. The van der Waals surface area contributed by atoms with Crippen LogP contribution >= 0.6 is 0 Å². The third kappa shape index (κ3) is 2.51. The molecule has 1 aliphatic rings. The maximum atomic E-state index is 10.8. The predicted molar refractivity (Wildman–Crippen MR) is 63.1 cm³/mol. The summed E-state index contributed by atoms with van der Waals surface area (Å²) in [4.78, 5) is 6.43. The second kappa shape index (κ2) is 4.80. The minimum absolute atomic E-state index is 0.550. The monoisotopic (exact) mass is 241 g/mol. The van der Waals surface area contributed by atoms with Crippen LogP contribution < -0.4 is 4.90 Å². The average molecular weight is 241 g/mol. The molecule has 1 aromatic rings. The molecule has 1 saturated heterocycles. The van der Waals surface area contributed by atoms with Crippen LogP contribution in [-0.2, 0) is 10.9 Å². The van der Waals surface area contributed by atoms with Gasteiger partial charge in [0.2, 0.25) is 10.9 Å². The zero-order valence-electron chi connectivity index (χ0n) is 9.17.